The molecule has 1 aliphatic heterocycles. The normalized spacial score (nSPS) is 21.6. The van der Waals surface area contributed by atoms with E-state index in [2.05, 4.69) is 25.2 Å². The monoisotopic (exact) mass is 329 g/mol. The Labute approximate surface area is 140 Å². The fourth-order valence-corrected chi connectivity index (χ4v) is 2.78. The van der Waals surface area contributed by atoms with Crippen LogP contribution in [0, 0.1) is 6.92 Å². The average molecular weight is 329 g/mol. The number of nitrogens with one attached hydrogen (secondary N) is 1. The van der Waals surface area contributed by atoms with E-state index in [1.165, 1.54) is 0 Å². The molecule has 0 radical (unpaired) electrons. The summed E-state index contributed by atoms with van der Waals surface area (Å²) in [6.07, 6.45) is 0.221. The second kappa shape index (κ2) is 7.08. The van der Waals surface area contributed by atoms with Gasteiger partial charge in [-0.1, -0.05) is 12.1 Å². The summed E-state index contributed by atoms with van der Waals surface area (Å²) in [6, 6.07) is 7.76. The minimum atomic E-state index is -0.525. The zero-order valence-electron chi connectivity index (χ0n) is 13.7. The van der Waals surface area contributed by atoms with Gasteiger partial charge in [0.1, 0.15) is 5.82 Å². The first kappa shape index (κ1) is 16.6. The van der Waals surface area contributed by atoms with Gasteiger partial charge in [-0.25, -0.2) is 0 Å². The Morgan fingerprint density at radius 3 is 2.92 bits per heavy atom. The van der Waals surface area contributed by atoms with E-state index in [1.54, 1.807) is 0 Å². The van der Waals surface area contributed by atoms with Crippen LogP contribution in [0.25, 0.3) is 0 Å². The summed E-state index contributed by atoms with van der Waals surface area (Å²) >= 11 is 0. The number of rotatable bonds is 4. The predicted octanol–water partition coefficient (Wildman–Crippen LogP) is 0.400. The molecule has 1 aliphatic rings. The molecule has 2 atom stereocenters. The van der Waals surface area contributed by atoms with Gasteiger partial charge in [0.2, 0.25) is 11.9 Å². The summed E-state index contributed by atoms with van der Waals surface area (Å²) in [5.41, 5.74) is 13.7. The highest BCUT2D eigenvalue weighted by Crippen LogP contribution is 2.16. The number of benzene rings is 1. The summed E-state index contributed by atoms with van der Waals surface area (Å²) < 4.78 is 0. The van der Waals surface area contributed by atoms with E-state index < -0.39 is 6.10 Å². The molecular formula is C16H23N7O. The van der Waals surface area contributed by atoms with Crippen molar-refractivity contribution in [1.29, 1.82) is 0 Å². The number of β-amino-alcohol motifs (C(OH)–C–C–N with tert-alkyl or cyclic N) is 1. The maximum atomic E-state index is 9.90. The van der Waals surface area contributed by atoms with E-state index in [4.69, 9.17) is 11.5 Å². The number of hydrogen-bond acceptors (Lipinski definition) is 8. The van der Waals surface area contributed by atoms with E-state index in [1.807, 2.05) is 31.2 Å². The van der Waals surface area contributed by atoms with E-state index in [0.717, 1.165) is 24.2 Å². The van der Waals surface area contributed by atoms with Crippen molar-refractivity contribution >= 4 is 17.6 Å². The number of piperidine rings is 1. The average Bonchev–Trinajstić information content (AvgIpc) is 2.50. The third-order valence-electron chi connectivity index (χ3n) is 4.06. The van der Waals surface area contributed by atoms with Gasteiger partial charge in [0.25, 0.3) is 0 Å². The second-order valence-corrected chi connectivity index (χ2v) is 6.18. The van der Waals surface area contributed by atoms with Crippen LogP contribution in [0.2, 0.25) is 0 Å². The minimum Gasteiger partial charge on any atom is -0.390 e. The van der Waals surface area contributed by atoms with E-state index in [0.29, 0.717) is 24.9 Å². The van der Waals surface area contributed by atoms with Crippen molar-refractivity contribution in [3.05, 3.63) is 35.7 Å². The van der Waals surface area contributed by atoms with Gasteiger partial charge >= 0.3 is 0 Å². The van der Waals surface area contributed by atoms with Crippen LogP contribution in [0.3, 0.4) is 0 Å². The molecule has 6 N–H and O–H groups in total. The largest absolute Gasteiger partial charge is 0.390 e. The van der Waals surface area contributed by atoms with Gasteiger partial charge < -0.3 is 21.9 Å². The van der Waals surface area contributed by atoms with Crippen molar-refractivity contribution in [2.75, 3.05) is 24.1 Å². The van der Waals surface area contributed by atoms with Crippen molar-refractivity contribution in [2.45, 2.75) is 32.0 Å². The predicted molar refractivity (Wildman–Crippen MR) is 92.6 cm³/mol. The lowest BCUT2D eigenvalue weighted by atomic mass is 10.0. The first-order valence-electron chi connectivity index (χ1n) is 8.00. The molecule has 1 fully saturated rings. The Morgan fingerprint density at radius 2 is 2.17 bits per heavy atom. The molecule has 0 unspecified atom stereocenters. The minimum absolute atomic E-state index is 0.164. The number of likely N-dealkylation sites (tertiary alicyclic amines) is 1. The summed E-state index contributed by atoms with van der Waals surface area (Å²) in [7, 11) is 0. The number of aliphatic hydroxyl groups is 1. The zero-order chi connectivity index (χ0) is 17.1. The maximum Gasteiger partial charge on any atom is 0.232 e. The van der Waals surface area contributed by atoms with Crippen LogP contribution in [0.5, 0.6) is 0 Å². The van der Waals surface area contributed by atoms with Gasteiger partial charge in [0.15, 0.2) is 0 Å². The van der Waals surface area contributed by atoms with Gasteiger partial charge in [-0.15, -0.1) is 0 Å². The van der Waals surface area contributed by atoms with Crippen molar-refractivity contribution in [1.82, 2.24) is 19.9 Å². The fourth-order valence-electron chi connectivity index (χ4n) is 2.78. The SMILES string of the molecule is Cc1cccc(Nc2nc(N)nc(CN3CC[C@@H](N)[C@H](O)C3)n2)c1. The smallest absolute Gasteiger partial charge is 0.232 e. The Balaban J connectivity index is 1.72. The number of aryl methyl sites for hydroxylation is 1. The summed E-state index contributed by atoms with van der Waals surface area (Å²) in [5.74, 6) is 1.15. The van der Waals surface area contributed by atoms with Crippen LogP contribution in [0.15, 0.2) is 24.3 Å². The molecule has 128 valence electrons. The van der Waals surface area contributed by atoms with Gasteiger partial charge in [-0.2, -0.15) is 15.0 Å². The van der Waals surface area contributed by atoms with Crippen molar-refractivity contribution in [3.63, 3.8) is 0 Å². The third kappa shape index (κ3) is 4.16. The number of nitrogen functional groups attached to an aromatic ring is 1. The Kier molecular flexibility index (Phi) is 4.89. The van der Waals surface area contributed by atoms with Crippen LogP contribution in [-0.2, 0) is 6.54 Å². The molecule has 0 aliphatic carbocycles. The molecular weight excluding hydrogens is 306 g/mol. The van der Waals surface area contributed by atoms with Crippen LogP contribution in [0.1, 0.15) is 17.8 Å². The second-order valence-electron chi connectivity index (χ2n) is 6.18. The fraction of sp³-hybridized carbons (Fsp3) is 0.438. The van der Waals surface area contributed by atoms with Crippen LogP contribution in [-0.4, -0.2) is 50.2 Å². The lowest BCUT2D eigenvalue weighted by Crippen LogP contribution is -2.50. The quantitative estimate of drug-likeness (QED) is 0.635. The molecule has 0 bridgehead atoms. The van der Waals surface area contributed by atoms with Gasteiger partial charge in [-0.05, 0) is 31.0 Å². The summed E-state index contributed by atoms with van der Waals surface area (Å²) in [4.78, 5) is 14.8. The molecule has 24 heavy (non-hydrogen) atoms. The van der Waals surface area contributed by atoms with Crippen LogP contribution >= 0.6 is 0 Å². The Bertz CT molecular complexity index is 709. The highest BCUT2D eigenvalue weighted by atomic mass is 16.3. The molecule has 2 aromatic rings. The molecule has 2 heterocycles. The number of aliphatic hydroxyl groups excluding tert-OH is 1. The van der Waals surface area contributed by atoms with Gasteiger partial charge in [-0.3, -0.25) is 4.90 Å². The van der Waals surface area contributed by atoms with E-state index in [-0.39, 0.29) is 12.0 Å². The van der Waals surface area contributed by atoms with E-state index >= 15 is 0 Å². The van der Waals surface area contributed by atoms with Gasteiger partial charge in [0, 0.05) is 24.8 Å². The van der Waals surface area contributed by atoms with Crippen LogP contribution < -0.4 is 16.8 Å². The number of anilines is 3. The van der Waals surface area contributed by atoms with Crippen molar-refractivity contribution in [2.24, 2.45) is 5.73 Å². The zero-order valence-corrected chi connectivity index (χ0v) is 13.7. The lowest BCUT2D eigenvalue weighted by Gasteiger charge is -2.33. The van der Waals surface area contributed by atoms with E-state index in [9.17, 15) is 5.11 Å². The molecule has 1 aromatic carbocycles. The molecule has 0 amide bonds. The first-order valence-corrected chi connectivity index (χ1v) is 8.00. The molecule has 3 rings (SSSR count). The highest BCUT2D eigenvalue weighted by Gasteiger charge is 2.25. The molecule has 1 aromatic heterocycles. The molecule has 8 heteroatoms. The number of aromatic nitrogens is 3. The molecule has 1 saturated heterocycles. The highest BCUT2D eigenvalue weighted by molar-refractivity contribution is 5.54. The third-order valence-corrected chi connectivity index (χ3v) is 4.06. The lowest BCUT2D eigenvalue weighted by molar-refractivity contribution is 0.0488. The van der Waals surface area contributed by atoms with Crippen LogP contribution in [0.4, 0.5) is 17.6 Å². The topological polar surface area (TPSA) is 126 Å². The maximum absolute atomic E-state index is 9.90. The summed E-state index contributed by atoms with van der Waals surface area (Å²) in [6.45, 7) is 3.82. The standard InChI is InChI=1S/C16H23N7O/c1-10-3-2-4-11(7-10)19-16-21-14(20-15(18)22-16)9-23-6-5-12(17)13(24)8-23/h2-4,7,12-13,24H,5-6,8-9,17H2,1H3,(H3,18,19,20,21,22)/t12-,13-/m1/s1. The molecule has 8 nitrogen and oxygen atoms in total. The number of nitrogens with two attached hydrogens (primary N) is 2. The van der Waals surface area contributed by atoms with Crippen molar-refractivity contribution < 1.29 is 5.11 Å². The first-order chi connectivity index (χ1) is 11.5. The van der Waals surface area contributed by atoms with Gasteiger partial charge in [0.05, 0.1) is 12.6 Å². The number of nitrogens with zero attached hydrogens (tertiary/aromatic N) is 4. The van der Waals surface area contributed by atoms with Crippen molar-refractivity contribution in [3.8, 4) is 0 Å². The number of hydrogen-bond donors (Lipinski definition) is 4. The Morgan fingerprint density at radius 1 is 1.33 bits per heavy atom. The molecule has 0 saturated carbocycles. The summed E-state index contributed by atoms with van der Waals surface area (Å²) in [5, 5.41) is 13.0. The Hall–Kier alpha value is -2.29. The molecule has 0 spiro atoms.